The number of aromatic hydroxyl groups is 1. The third kappa shape index (κ3) is 9.01. The summed E-state index contributed by atoms with van der Waals surface area (Å²) in [7, 11) is -3.76. The molecule has 1 aliphatic heterocycles. The van der Waals surface area contributed by atoms with Crippen molar-refractivity contribution in [3.63, 3.8) is 0 Å². The van der Waals surface area contributed by atoms with E-state index in [9.17, 15) is 23.1 Å². The van der Waals surface area contributed by atoms with Crippen molar-refractivity contribution < 1.29 is 32.6 Å². The molecule has 0 aromatic heterocycles. The van der Waals surface area contributed by atoms with Gasteiger partial charge in [-0.2, -0.15) is 0 Å². The first kappa shape index (κ1) is 36.1. The number of phenolic OH excluding ortho intramolecular Hbond substituents is 1. The number of anilines is 2. The summed E-state index contributed by atoms with van der Waals surface area (Å²) in [5, 5.41) is 12.4. The van der Waals surface area contributed by atoms with Crippen molar-refractivity contribution in [3.8, 4) is 11.5 Å². The van der Waals surface area contributed by atoms with Crippen molar-refractivity contribution in [3.05, 3.63) is 72.3 Å². The Hall–Kier alpha value is -3.70. The van der Waals surface area contributed by atoms with Crippen LogP contribution in [0.25, 0.3) is 0 Å². The summed E-state index contributed by atoms with van der Waals surface area (Å²) in [6, 6.07) is 17.9. The van der Waals surface area contributed by atoms with E-state index in [2.05, 4.69) is 24.1 Å². The maximum atomic E-state index is 14.2. The summed E-state index contributed by atoms with van der Waals surface area (Å²) >= 11 is 1.39. The molecule has 47 heavy (non-hydrogen) atoms. The van der Waals surface area contributed by atoms with Gasteiger partial charge in [-0.1, -0.05) is 57.0 Å². The normalized spacial score (nSPS) is 18.0. The number of carbonyl (C=O) groups is 2. The SMILES string of the molecule is CCCCC1(CC)CN(c2ccccc2)c2cc(SC)c(OCC(=O)NC(C(=O)OC(C)(C)C)c3ccc(O)cc3)cc2S(=O)(=O)C1. The number of phenols is 1. The van der Waals surface area contributed by atoms with Gasteiger partial charge in [-0.25, -0.2) is 13.2 Å². The fraction of sp³-hybridized carbons (Fsp3) is 0.444. The highest BCUT2D eigenvalue weighted by Gasteiger charge is 2.42. The minimum Gasteiger partial charge on any atom is -0.508 e. The fourth-order valence-corrected chi connectivity index (χ4v) is 8.52. The Morgan fingerprint density at radius 3 is 2.34 bits per heavy atom. The number of carbonyl (C=O) groups excluding carboxylic acids is 2. The average molecular weight is 683 g/mol. The van der Waals surface area contributed by atoms with Gasteiger partial charge in [0.05, 0.1) is 21.2 Å². The standard InChI is InChI=1S/C36H46N2O7S2/c1-7-9-19-36(8-2)23-38(26-13-11-10-12-14-26)28-20-30(46-6)29(21-31(28)47(42,43)24-36)44-22-32(40)37-33(34(41)45-35(3,4)5)25-15-17-27(39)18-16-25/h10-18,20-21,33,39H,7-9,19,22-24H2,1-6H3,(H,37,40). The van der Waals surface area contributed by atoms with Crippen LogP contribution in [0, 0.1) is 5.41 Å². The molecule has 4 rings (SSSR count). The van der Waals surface area contributed by atoms with Gasteiger partial charge < -0.3 is 24.8 Å². The van der Waals surface area contributed by atoms with Crippen LogP contribution in [-0.2, 0) is 24.2 Å². The van der Waals surface area contributed by atoms with Gasteiger partial charge in [-0.05, 0) is 75.8 Å². The van der Waals surface area contributed by atoms with Crippen LogP contribution in [0.2, 0.25) is 0 Å². The second-order valence-electron chi connectivity index (χ2n) is 13.0. The van der Waals surface area contributed by atoms with E-state index in [1.807, 2.05) is 42.7 Å². The Kier molecular flexibility index (Phi) is 11.6. The summed E-state index contributed by atoms with van der Waals surface area (Å²) in [6.45, 7) is 9.45. The first-order valence-electron chi connectivity index (χ1n) is 15.9. The van der Waals surface area contributed by atoms with Crippen LogP contribution in [-0.4, -0.2) is 56.2 Å². The topological polar surface area (TPSA) is 122 Å². The van der Waals surface area contributed by atoms with Crippen molar-refractivity contribution >= 4 is 44.9 Å². The van der Waals surface area contributed by atoms with Crippen molar-refractivity contribution in [2.75, 3.05) is 30.1 Å². The summed E-state index contributed by atoms with van der Waals surface area (Å²) in [5.41, 5.74) is 0.668. The summed E-state index contributed by atoms with van der Waals surface area (Å²) < 4.78 is 39.9. The zero-order valence-corrected chi connectivity index (χ0v) is 29.7. The van der Waals surface area contributed by atoms with Gasteiger partial charge in [0.2, 0.25) is 0 Å². The average Bonchev–Trinajstić information content (AvgIpc) is 3.12. The highest BCUT2D eigenvalue weighted by Crippen LogP contribution is 2.47. The van der Waals surface area contributed by atoms with E-state index in [1.165, 1.54) is 42.1 Å². The molecule has 11 heteroatoms. The van der Waals surface area contributed by atoms with Crippen LogP contribution in [0.15, 0.2) is 76.5 Å². The van der Waals surface area contributed by atoms with Gasteiger partial charge in [-0.15, -0.1) is 11.8 Å². The minimum atomic E-state index is -3.76. The van der Waals surface area contributed by atoms with Gasteiger partial charge in [0, 0.05) is 23.7 Å². The lowest BCUT2D eigenvalue weighted by molar-refractivity contribution is -0.159. The molecular formula is C36H46N2O7S2. The lowest BCUT2D eigenvalue weighted by atomic mass is 9.81. The number of amides is 1. The predicted octanol–water partition coefficient (Wildman–Crippen LogP) is 7.20. The molecule has 2 atom stereocenters. The number of nitrogens with one attached hydrogen (secondary N) is 1. The number of hydrogen-bond donors (Lipinski definition) is 2. The van der Waals surface area contributed by atoms with E-state index in [4.69, 9.17) is 9.47 Å². The Labute approximate surface area is 283 Å². The van der Waals surface area contributed by atoms with Crippen LogP contribution in [0.4, 0.5) is 11.4 Å². The van der Waals surface area contributed by atoms with Gasteiger partial charge in [0.1, 0.15) is 17.1 Å². The van der Waals surface area contributed by atoms with Gasteiger partial charge in [0.25, 0.3) is 5.91 Å². The fourth-order valence-electron chi connectivity index (χ4n) is 5.79. The van der Waals surface area contributed by atoms with Crippen LogP contribution >= 0.6 is 11.8 Å². The van der Waals surface area contributed by atoms with E-state index in [0.717, 1.165) is 24.9 Å². The van der Waals surface area contributed by atoms with Gasteiger partial charge in [0.15, 0.2) is 22.5 Å². The number of rotatable bonds is 12. The van der Waals surface area contributed by atoms with Crippen LogP contribution in [0.5, 0.6) is 11.5 Å². The smallest absolute Gasteiger partial charge is 0.333 e. The van der Waals surface area contributed by atoms with E-state index >= 15 is 0 Å². The number of unbranched alkanes of at least 4 members (excludes halogenated alkanes) is 1. The summed E-state index contributed by atoms with van der Waals surface area (Å²) in [5.74, 6) is -0.981. The number of sulfone groups is 1. The highest BCUT2D eigenvalue weighted by molar-refractivity contribution is 7.98. The monoisotopic (exact) mass is 682 g/mol. The molecule has 1 aliphatic rings. The zero-order chi connectivity index (χ0) is 34.4. The highest BCUT2D eigenvalue weighted by atomic mass is 32.2. The number of esters is 1. The number of hydrogen-bond acceptors (Lipinski definition) is 9. The second-order valence-corrected chi connectivity index (χ2v) is 15.8. The first-order chi connectivity index (χ1) is 22.2. The molecule has 3 aromatic rings. The van der Waals surface area contributed by atoms with Crippen LogP contribution in [0.3, 0.4) is 0 Å². The maximum absolute atomic E-state index is 14.2. The molecule has 0 radical (unpaired) electrons. The molecule has 0 spiro atoms. The molecule has 1 amide bonds. The van der Waals surface area contributed by atoms with E-state index in [1.54, 1.807) is 20.8 Å². The number of fused-ring (bicyclic) bond motifs is 1. The minimum absolute atomic E-state index is 0.00950. The molecule has 0 bridgehead atoms. The number of ether oxygens (including phenoxy) is 2. The zero-order valence-electron chi connectivity index (χ0n) is 28.0. The van der Waals surface area contributed by atoms with E-state index < -0.39 is 45.4 Å². The lowest BCUT2D eigenvalue weighted by Crippen LogP contribution is -2.40. The van der Waals surface area contributed by atoms with Crippen LogP contribution < -0.4 is 15.0 Å². The molecule has 3 aromatic carbocycles. The number of nitrogens with zero attached hydrogens (tertiary/aromatic N) is 1. The van der Waals surface area contributed by atoms with E-state index in [0.29, 0.717) is 29.1 Å². The third-order valence-corrected chi connectivity index (χ3v) is 11.0. The summed E-state index contributed by atoms with van der Waals surface area (Å²) in [4.78, 5) is 29.3. The predicted molar refractivity (Wildman–Crippen MR) is 186 cm³/mol. The van der Waals surface area contributed by atoms with Crippen molar-refractivity contribution in [1.29, 1.82) is 0 Å². The van der Waals surface area contributed by atoms with E-state index in [-0.39, 0.29) is 22.1 Å². The third-order valence-electron chi connectivity index (χ3n) is 8.27. The molecule has 254 valence electrons. The van der Waals surface area contributed by atoms with Crippen molar-refractivity contribution in [2.24, 2.45) is 5.41 Å². The van der Waals surface area contributed by atoms with Gasteiger partial charge >= 0.3 is 5.97 Å². The molecule has 9 nitrogen and oxygen atoms in total. The van der Waals surface area contributed by atoms with Gasteiger partial charge in [-0.3, -0.25) is 4.79 Å². The number of para-hydroxylation sites is 1. The quantitative estimate of drug-likeness (QED) is 0.151. The van der Waals surface area contributed by atoms with Crippen molar-refractivity contribution in [1.82, 2.24) is 5.32 Å². The van der Waals surface area contributed by atoms with Crippen LogP contribution in [0.1, 0.15) is 71.9 Å². The molecule has 0 saturated heterocycles. The number of thioether (sulfide) groups is 1. The molecule has 1 heterocycles. The Balaban J connectivity index is 1.68. The summed E-state index contributed by atoms with van der Waals surface area (Å²) in [6.07, 6.45) is 5.26. The molecule has 2 unspecified atom stereocenters. The molecule has 0 saturated carbocycles. The Bertz CT molecular complexity index is 1660. The molecule has 2 N–H and O–H groups in total. The lowest BCUT2D eigenvalue weighted by Gasteiger charge is -2.36. The molecular weight excluding hydrogens is 637 g/mol. The maximum Gasteiger partial charge on any atom is 0.333 e. The number of benzene rings is 3. The Morgan fingerprint density at radius 1 is 1.06 bits per heavy atom. The Morgan fingerprint density at radius 2 is 1.74 bits per heavy atom. The largest absolute Gasteiger partial charge is 0.508 e. The first-order valence-corrected chi connectivity index (χ1v) is 18.8. The van der Waals surface area contributed by atoms with Crippen molar-refractivity contribution in [2.45, 2.75) is 81.7 Å². The molecule has 0 fully saturated rings. The molecule has 0 aliphatic carbocycles. The second kappa shape index (κ2) is 15.0.